The second-order valence-corrected chi connectivity index (χ2v) is 5.05. The zero-order valence-electron chi connectivity index (χ0n) is 11.5. The van der Waals surface area contributed by atoms with Crippen LogP contribution in [0.1, 0.15) is 5.56 Å². The molecule has 0 spiro atoms. The van der Waals surface area contributed by atoms with Gasteiger partial charge in [-0.25, -0.2) is 4.68 Å². The minimum atomic E-state index is -0.105. The summed E-state index contributed by atoms with van der Waals surface area (Å²) in [4.78, 5) is 11.9. The van der Waals surface area contributed by atoms with Crippen LogP contribution in [0.4, 0.5) is 5.69 Å². The highest BCUT2D eigenvalue weighted by molar-refractivity contribution is 7.99. The third-order valence-corrected chi connectivity index (χ3v) is 3.63. The highest BCUT2D eigenvalue weighted by Gasteiger charge is 2.09. The van der Waals surface area contributed by atoms with Crippen molar-refractivity contribution in [1.29, 1.82) is 0 Å². The van der Waals surface area contributed by atoms with Crippen LogP contribution in [-0.4, -0.2) is 39.0 Å². The maximum absolute atomic E-state index is 11.9. The highest BCUT2D eigenvalue weighted by atomic mass is 32.2. The number of amides is 1. The Labute approximate surface area is 120 Å². The van der Waals surface area contributed by atoms with Crippen molar-refractivity contribution < 1.29 is 9.53 Å². The molecule has 0 bridgehead atoms. The van der Waals surface area contributed by atoms with Gasteiger partial charge in [-0.1, -0.05) is 11.8 Å². The van der Waals surface area contributed by atoms with E-state index in [0.29, 0.717) is 5.16 Å². The second kappa shape index (κ2) is 6.38. The number of carbonyl (C=O) groups excluding carboxylic acids is 1. The van der Waals surface area contributed by atoms with Gasteiger partial charge in [-0.05, 0) is 41.1 Å². The van der Waals surface area contributed by atoms with Gasteiger partial charge in [0.2, 0.25) is 11.1 Å². The average molecular weight is 293 g/mol. The number of carbonyl (C=O) groups is 1. The van der Waals surface area contributed by atoms with Crippen LogP contribution in [0.15, 0.2) is 23.4 Å². The van der Waals surface area contributed by atoms with E-state index in [4.69, 9.17) is 4.74 Å². The predicted molar refractivity (Wildman–Crippen MR) is 75.9 cm³/mol. The van der Waals surface area contributed by atoms with Gasteiger partial charge in [0.25, 0.3) is 0 Å². The smallest absolute Gasteiger partial charge is 0.234 e. The number of methoxy groups -OCH3 is 1. The maximum Gasteiger partial charge on any atom is 0.234 e. The summed E-state index contributed by atoms with van der Waals surface area (Å²) in [5, 5.41) is 14.5. The van der Waals surface area contributed by atoms with E-state index in [2.05, 4.69) is 20.8 Å². The number of aryl methyl sites for hydroxylation is 2. The summed E-state index contributed by atoms with van der Waals surface area (Å²) in [5.74, 6) is 0.908. The van der Waals surface area contributed by atoms with Crippen molar-refractivity contribution in [1.82, 2.24) is 20.2 Å². The number of hydrogen-bond donors (Lipinski definition) is 1. The molecule has 0 aliphatic carbocycles. The lowest BCUT2D eigenvalue weighted by atomic mass is 10.2. The molecule has 0 fully saturated rings. The largest absolute Gasteiger partial charge is 0.497 e. The fourth-order valence-electron chi connectivity index (χ4n) is 1.56. The molecule has 1 aromatic carbocycles. The van der Waals surface area contributed by atoms with Crippen molar-refractivity contribution >= 4 is 23.4 Å². The first-order valence-corrected chi connectivity index (χ1v) is 6.88. The highest BCUT2D eigenvalue weighted by Crippen LogP contribution is 2.21. The lowest BCUT2D eigenvalue weighted by molar-refractivity contribution is -0.113. The van der Waals surface area contributed by atoms with Crippen LogP contribution in [-0.2, 0) is 11.8 Å². The molecule has 1 heterocycles. The summed E-state index contributed by atoms with van der Waals surface area (Å²) < 4.78 is 6.65. The number of tetrazole rings is 1. The minimum Gasteiger partial charge on any atom is -0.497 e. The Bertz CT molecular complexity index is 614. The molecule has 7 nitrogen and oxygen atoms in total. The summed E-state index contributed by atoms with van der Waals surface area (Å²) >= 11 is 1.28. The van der Waals surface area contributed by atoms with E-state index in [0.717, 1.165) is 17.0 Å². The van der Waals surface area contributed by atoms with Gasteiger partial charge in [0.05, 0.1) is 12.9 Å². The number of rotatable bonds is 5. The van der Waals surface area contributed by atoms with Crippen molar-refractivity contribution in [3.63, 3.8) is 0 Å². The van der Waals surface area contributed by atoms with Crippen LogP contribution < -0.4 is 10.1 Å². The lowest BCUT2D eigenvalue weighted by Crippen LogP contribution is -2.15. The molecule has 0 atom stereocenters. The molecule has 0 aliphatic rings. The van der Waals surface area contributed by atoms with Gasteiger partial charge in [-0.2, -0.15) is 0 Å². The molecule has 0 saturated heterocycles. The van der Waals surface area contributed by atoms with Crippen molar-refractivity contribution in [2.24, 2.45) is 7.05 Å². The Balaban J connectivity index is 1.93. The molecular weight excluding hydrogens is 278 g/mol. The Morgan fingerprint density at radius 1 is 1.50 bits per heavy atom. The average Bonchev–Trinajstić information content (AvgIpc) is 2.84. The monoisotopic (exact) mass is 293 g/mol. The first-order valence-electron chi connectivity index (χ1n) is 5.90. The molecule has 1 aromatic heterocycles. The summed E-state index contributed by atoms with van der Waals surface area (Å²) in [7, 11) is 3.34. The molecule has 2 rings (SSSR count). The molecule has 8 heteroatoms. The second-order valence-electron chi connectivity index (χ2n) is 4.10. The van der Waals surface area contributed by atoms with Crippen molar-refractivity contribution in [2.75, 3.05) is 18.2 Å². The number of benzene rings is 1. The zero-order chi connectivity index (χ0) is 14.5. The number of nitrogens with one attached hydrogen (secondary N) is 1. The van der Waals surface area contributed by atoms with Crippen molar-refractivity contribution in [3.05, 3.63) is 23.8 Å². The molecule has 0 saturated carbocycles. The van der Waals surface area contributed by atoms with E-state index in [1.807, 2.05) is 25.1 Å². The molecule has 20 heavy (non-hydrogen) atoms. The van der Waals surface area contributed by atoms with E-state index in [1.165, 1.54) is 16.4 Å². The van der Waals surface area contributed by atoms with E-state index in [1.54, 1.807) is 14.2 Å². The number of ether oxygens (including phenoxy) is 1. The Kier molecular flexibility index (Phi) is 4.57. The quantitative estimate of drug-likeness (QED) is 0.836. The van der Waals surface area contributed by atoms with Crippen LogP contribution >= 0.6 is 11.8 Å². The first-order chi connectivity index (χ1) is 9.60. The number of anilines is 1. The fraction of sp³-hybridized carbons (Fsp3) is 0.333. The van der Waals surface area contributed by atoms with Gasteiger partial charge in [-0.3, -0.25) is 4.79 Å². The molecule has 0 radical (unpaired) electrons. The molecule has 1 amide bonds. The Hall–Kier alpha value is -2.09. The van der Waals surface area contributed by atoms with Crippen LogP contribution in [0, 0.1) is 6.92 Å². The van der Waals surface area contributed by atoms with Gasteiger partial charge in [0, 0.05) is 12.7 Å². The predicted octanol–water partition coefficient (Wildman–Crippen LogP) is 1.26. The maximum atomic E-state index is 11.9. The lowest BCUT2D eigenvalue weighted by Gasteiger charge is -2.09. The molecule has 1 N–H and O–H groups in total. The van der Waals surface area contributed by atoms with Crippen LogP contribution in [0.25, 0.3) is 0 Å². The third kappa shape index (κ3) is 3.47. The van der Waals surface area contributed by atoms with Gasteiger partial charge >= 0.3 is 0 Å². The summed E-state index contributed by atoms with van der Waals surface area (Å²) in [6.45, 7) is 1.91. The molecule has 0 unspecified atom stereocenters. The minimum absolute atomic E-state index is 0.105. The molecule has 2 aromatic rings. The number of hydrogen-bond acceptors (Lipinski definition) is 6. The van der Waals surface area contributed by atoms with Crippen LogP contribution in [0.2, 0.25) is 0 Å². The van der Waals surface area contributed by atoms with Crippen molar-refractivity contribution in [3.8, 4) is 5.75 Å². The number of nitrogens with zero attached hydrogens (tertiary/aromatic N) is 4. The van der Waals surface area contributed by atoms with E-state index in [-0.39, 0.29) is 11.7 Å². The normalized spacial score (nSPS) is 10.3. The van der Waals surface area contributed by atoms with Gasteiger partial charge in [0.1, 0.15) is 5.75 Å². The van der Waals surface area contributed by atoms with Crippen LogP contribution in [0.5, 0.6) is 5.75 Å². The molecular formula is C12H15N5O2S. The molecule has 0 aliphatic heterocycles. The number of aromatic nitrogens is 4. The summed E-state index contributed by atoms with van der Waals surface area (Å²) in [5.41, 5.74) is 1.72. The van der Waals surface area contributed by atoms with Crippen LogP contribution in [0.3, 0.4) is 0 Å². The van der Waals surface area contributed by atoms with Crippen molar-refractivity contribution in [2.45, 2.75) is 12.1 Å². The first kappa shape index (κ1) is 14.3. The van der Waals surface area contributed by atoms with Gasteiger partial charge in [0.15, 0.2) is 0 Å². The topological polar surface area (TPSA) is 81.9 Å². The summed E-state index contributed by atoms with van der Waals surface area (Å²) in [6, 6.07) is 5.50. The fourth-order valence-corrected chi connectivity index (χ4v) is 2.21. The number of thioether (sulfide) groups is 1. The van der Waals surface area contributed by atoms with Gasteiger partial charge < -0.3 is 10.1 Å². The SMILES string of the molecule is COc1ccc(NC(=O)CSc2nnnn2C)c(C)c1. The van der Waals surface area contributed by atoms with E-state index < -0.39 is 0 Å². The Morgan fingerprint density at radius 2 is 2.30 bits per heavy atom. The van der Waals surface area contributed by atoms with Gasteiger partial charge in [-0.15, -0.1) is 5.10 Å². The molecule has 106 valence electrons. The standard InChI is InChI=1S/C12H15N5O2S/c1-8-6-9(19-3)4-5-10(8)13-11(18)7-20-12-14-15-16-17(12)2/h4-6H,7H2,1-3H3,(H,13,18). The zero-order valence-corrected chi connectivity index (χ0v) is 12.3. The van der Waals surface area contributed by atoms with E-state index >= 15 is 0 Å². The Morgan fingerprint density at radius 3 is 2.90 bits per heavy atom. The third-order valence-electron chi connectivity index (χ3n) is 2.62. The van der Waals surface area contributed by atoms with E-state index in [9.17, 15) is 4.79 Å². The summed E-state index contributed by atoms with van der Waals surface area (Å²) in [6.07, 6.45) is 0.